The van der Waals surface area contributed by atoms with Gasteiger partial charge in [-0.05, 0) is 25.1 Å². The minimum atomic E-state index is -0.328. The van der Waals surface area contributed by atoms with Crippen molar-refractivity contribution in [2.24, 2.45) is 0 Å². The third-order valence-electron chi connectivity index (χ3n) is 3.87. The Balaban J connectivity index is 1.59. The van der Waals surface area contributed by atoms with E-state index in [-0.39, 0.29) is 5.97 Å². The molecule has 0 unspecified atom stereocenters. The maximum Gasteiger partial charge on any atom is 0.338 e. The zero-order valence-corrected chi connectivity index (χ0v) is 15.4. The molecule has 2 aromatic heterocycles. The molecule has 0 atom stereocenters. The predicted octanol–water partition coefficient (Wildman–Crippen LogP) is 4.67. The van der Waals surface area contributed by atoms with Crippen LogP contribution in [0.3, 0.4) is 0 Å². The van der Waals surface area contributed by atoms with E-state index >= 15 is 0 Å². The summed E-state index contributed by atoms with van der Waals surface area (Å²) < 4.78 is 5.95. The zero-order chi connectivity index (χ0) is 18.6. The van der Waals surface area contributed by atoms with Crippen molar-refractivity contribution in [1.29, 1.82) is 0 Å². The van der Waals surface area contributed by atoms with Crippen molar-refractivity contribution in [1.82, 2.24) is 15.0 Å². The third kappa shape index (κ3) is 3.78. The van der Waals surface area contributed by atoms with Gasteiger partial charge in [0.05, 0.1) is 28.1 Å². The quantitative estimate of drug-likeness (QED) is 0.510. The van der Waals surface area contributed by atoms with Crippen molar-refractivity contribution in [2.75, 3.05) is 11.9 Å². The molecule has 0 aliphatic carbocycles. The second kappa shape index (κ2) is 7.51. The highest BCUT2D eigenvalue weighted by atomic mass is 32.1. The number of anilines is 2. The average Bonchev–Trinajstić information content (AvgIpc) is 3.10. The number of aromatic nitrogens is 3. The van der Waals surface area contributed by atoms with Gasteiger partial charge in [0.15, 0.2) is 5.13 Å². The number of nitrogens with one attached hydrogen (secondary N) is 1. The van der Waals surface area contributed by atoms with E-state index in [2.05, 4.69) is 20.3 Å². The summed E-state index contributed by atoms with van der Waals surface area (Å²) in [5.74, 6) is 0.333. The third-order valence-corrected chi connectivity index (χ3v) is 4.80. The van der Waals surface area contributed by atoms with Crippen LogP contribution >= 0.6 is 11.3 Å². The van der Waals surface area contributed by atoms with Crippen molar-refractivity contribution in [3.8, 4) is 11.3 Å². The number of thiazole rings is 1. The summed E-state index contributed by atoms with van der Waals surface area (Å²) in [4.78, 5) is 25.0. The molecule has 0 saturated heterocycles. The van der Waals surface area contributed by atoms with Crippen molar-refractivity contribution in [2.45, 2.75) is 6.92 Å². The second-order valence-electron chi connectivity index (χ2n) is 5.70. The van der Waals surface area contributed by atoms with Gasteiger partial charge in [0, 0.05) is 11.6 Å². The number of fused-ring (bicyclic) bond motifs is 1. The molecule has 2 heterocycles. The molecule has 0 spiro atoms. The average molecular weight is 376 g/mol. The Morgan fingerprint density at radius 3 is 2.78 bits per heavy atom. The summed E-state index contributed by atoms with van der Waals surface area (Å²) >= 11 is 1.45. The number of nitrogens with zero attached hydrogens (tertiary/aromatic N) is 3. The van der Waals surface area contributed by atoms with E-state index in [1.165, 1.54) is 17.7 Å². The van der Waals surface area contributed by atoms with Crippen molar-refractivity contribution < 1.29 is 9.53 Å². The fraction of sp³-hybridized carbons (Fsp3) is 0.100. The predicted molar refractivity (Wildman–Crippen MR) is 106 cm³/mol. The topological polar surface area (TPSA) is 77.0 Å². The molecule has 0 fully saturated rings. The van der Waals surface area contributed by atoms with Gasteiger partial charge in [-0.25, -0.2) is 19.7 Å². The van der Waals surface area contributed by atoms with Gasteiger partial charge in [0.25, 0.3) is 0 Å². The van der Waals surface area contributed by atoms with Crippen LogP contribution in [0, 0.1) is 0 Å². The number of hydrogen-bond donors (Lipinski definition) is 1. The molecule has 0 bridgehead atoms. The van der Waals surface area contributed by atoms with Gasteiger partial charge in [-0.2, -0.15) is 0 Å². The van der Waals surface area contributed by atoms with Crippen LogP contribution < -0.4 is 5.32 Å². The SMILES string of the molecule is CCOC(=O)c1ccc2nc(Nc3cc(-c4ccccc4)ncn3)sc2c1. The first-order valence-corrected chi connectivity index (χ1v) is 9.27. The van der Waals surface area contributed by atoms with Crippen LogP contribution in [0.2, 0.25) is 0 Å². The minimum Gasteiger partial charge on any atom is -0.462 e. The highest BCUT2D eigenvalue weighted by molar-refractivity contribution is 7.22. The molecule has 0 amide bonds. The monoisotopic (exact) mass is 376 g/mol. The van der Waals surface area contributed by atoms with Gasteiger partial charge in [0.1, 0.15) is 12.1 Å². The Morgan fingerprint density at radius 1 is 1.11 bits per heavy atom. The first-order valence-electron chi connectivity index (χ1n) is 8.45. The molecule has 4 rings (SSSR count). The number of rotatable bonds is 5. The molecular formula is C20H16N4O2S. The molecule has 2 aromatic carbocycles. The number of carbonyl (C=O) groups excluding carboxylic acids is 1. The van der Waals surface area contributed by atoms with Crippen LogP contribution in [0.1, 0.15) is 17.3 Å². The molecule has 6 nitrogen and oxygen atoms in total. The lowest BCUT2D eigenvalue weighted by atomic mass is 10.1. The van der Waals surface area contributed by atoms with E-state index in [1.54, 1.807) is 19.1 Å². The summed E-state index contributed by atoms with van der Waals surface area (Å²) in [5.41, 5.74) is 3.19. The molecule has 1 N–H and O–H groups in total. The fourth-order valence-corrected chi connectivity index (χ4v) is 3.53. The first kappa shape index (κ1) is 17.1. The highest BCUT2D eigenvalue weighted by Gasteiger charge is 2.11. The smallest absolute Gasteiger partial charge is 0.338 e. The first-order chi connectivity index (χ1) is 13.2. The van der Waals surface area contributed by atoms with Gasteiger partial charge in [-0.3, -0.25) is 0 Å². The van der Waals surface area contributed by atoms with Gasteiger partial charge in [-0.1, -0.05) is 41.7 Å². The van der Waals surface area contributed by atoms with Crippen LogP contribution in [0.25, 0.3) is 21.5 Å². The number of carbonyl (C=O) groups is 1. The Hall–Kier alpha value is -3.32. The van der Waals surface area contributed by atoms with Crippen LogP contribution in [0.5, 0.6) is 0 Å². The summed E-state index contributed by atoms with van der Waals surface area (Å²) in [6.07, 6.45) is 1.52. The summed E-state index contributed by atoms with van der Waals surface area (Å²) in [6.45, 7) is 2.14. The normalized spacial score (nSPS) is 10.7. The number of benzene rings is 2. The Morgan fingerprint density at radius 2 is 1.96 bits per heavy atom. The van der Waals surface area contributed by atoms with E-state index < -0.39 is 0 Å². The Bertz CT molecular complexity index is 1100. The van der Waals surface area contributed by atoms with E-state index in [0.717, 1.165) is 21.5 Å². The van der Waals surface area contributed by atoms with E-state index in [0.29, 0.717) is 23.1 Å². The molecule has 134 valence electrons. The summed E-state index contributed by atoms with van der Waals surface area (Å²) in [6, 6.07) is 17.1. The number of esters is 1. The van der Waals surface area contributed by atoms with Crippen LogP contribution in [-0.4, -0.2) is 27.5 Å². The maximum atomic E-state index is 11.9. The van der Waals surface area contributed by atoms with Crippen LogP contribution in [0.15, 0.2) is 60.9 Å². The fourth-order valence-electron chi connectivity index (χ4n) is 2.62. The van der Waals surface area contributed by atoms with Crippen molar-refractivity contribution in [3.63, 3.8) is 0 Å². The van der Waals surface area contributed by atoms with Gasteiger partial charge < -0.3 is 10.1 Å². The lowest BCUT2D eigenvalue weighted by Crippen LogP contribution is -2.03. The van der Waals surface area contributed by atoms with Gasteiger partial charge >= 0.3 is 5.97 Å². The maximum absolute atomic E-state index is 11.9. The number of ether oxygens (including phenoxy) is 1. The molecule has 4 aromatic rings. The van der Waals surface area contributed by atoms with Gasteiger partial charge in [0.2, 0.25) is 0 Å². The Kier molecular flexibility index (Phi) is 4.76. The Labute approximate surface area is 159 Å². The molecule has 27 heavy (non-hydrogen) atoms. The van der Waals surface area contributed by atoms with E-state index in [4.69, 9.17) is 4.74 Å². The highest BCUT2D eigenvalue weighted by Crippen LogP contribution is 2.29. The standard InChI is InChI=1S/C20H16N4O2S/c1-2-26-19(25)14-8-9-15-17(10-14)27-20(23-15)24-18-11-16(21-12-22-18)13-6-4-3-5-7-13/h3-12H,2H2,1H3,(H,21,22,23,24). The van der Waals surface area contributed by atoms with Crippen molar-refractivity contribution >= 4 is 38.5 Å². The van der Waals surface area contributed by atoms with Crippen molar-refractivity contribution in [3.05, 3.63) is 66.5 Å². The lowest BCUT2D eigenvalue weighted by Gasteiger charge is -2.04. The minimum absolute atomic E-state index is 0.328. The second-order valence-corrected chi connectivity index (χ2v) is 6.73. The lowest BCUT2D eigenvalue weighted by molar-refractivity contribution is 0.0526. The largest absolute Gasteiger partial charge is 0.462 e. The van der Waals surface area contributed by atoms with E-state index in [9.17, 15) is 4.79 Å². The van der Waals surface area contributed by atoms with E-state index in [1.807, 2.05) is 42.5 Å². The summed E-state index contributed by atoms with van der Waals surface area (Å²) in [5, 5.41) is 3.92. The molecule has 0 aliphatic heterocycles. The molecule has 0 saturated carbocycles. The molecule has 0 aliphatic rings. The molecule has 0 radical (unpaired) electrons. The zero-order valence-electron chi connectivity index (χ0n) is 14.5. The molecule has 7 heteroatoms. The number of hydrogen-bond acceptors (Lipinski definition) is 7. The summed E-state index contributed by atoms with van der Waals surface area (Å²) in [7, 11) is 0. The van der Waals surface area contributed by atoms with Crippen LogP contribution in [-0.2, 0) is 4.74 Å². The molecular weight excluding hydrogens is 360 g/mol. The van der Waals surface area contributed by atoms with Gasteiger partial charge in [-0.15, -0.1) is 0 Å². The van der Waals surface area contributed by atoms with Crippen LogP contribution in [0.4, 0.5) is 10.9 Å².